The number of rotatable bonds is 2. The van der Waals surface area contributed by atoms with Gasteiger partial charge in [0.2, 0.25) is 0 Å². The van der Waals surface area contributed by atoms with E-state index < -0.39 is 0 Å². The van der Waals surface area contributed by atoms with Crippen molar-refractivity contribution in [3.8, 4) is 0 Å². The summed E-state index contributed by atoms with van der Waals surface area (Å²) in [6, 6.07) is 3.68. The molecule has 0 aliphatic carbocycles. The molecule has 0 spiro atoms. The van der Waals surface area contributed by atoms with Gasteiger partial charge in [-0.15, -0.1) is 0 Å². The zero-order chi connectivity index (χ0) is 10.3. The van der Waals surface area contributed by atoms with Crippen LogP contribution in [0.4, 0.5) is 0 Å². The highest BCUT2D eigenvalue weighted by atomic mass is 15.0. The minimum Gasteiger partial charge on any atom is -0.311 e. The van der Waals surface area contributed by atoms with Crippen LogP contribution in [0, 0.1) is 0 Å². The van der Waals surface area contributed by atoms with Crippen LogP contribution in [0.15, 0.2) is 25.0 Å². The topological polar surface area (TPSA) is 24.9 Å². The van der Waals surface area contributed by atoms with E-state index in [1.165, 1.54) is 24.8 Å². The van der Waals surface area contributed by atoms with Gasteiger partial charge >= 0.3 is 0 Å². The van der Waals surface area contributed by atoms with Crippen molar-refractivity contribution in [2.75, 3.05) is 0 Å². The molecule has 0 saturated carbocycles. The van der Waals surface area contributed by atoms with Crippen LogP contribution >= 0.6 is 0 Å². The highest BCUT2D eigenvalue weighted by Crippen LogP contribution is 2.39. The molecule has 1 aromatic rings. The van der Waals surface area contributed by atoms with Crippen LogP contribution < -0.4 is 5.32 Å². The summed E-state index contributed by atoms with van der Waals surface area (Å²) in [5.41, 5.74) is 2.52. The molecule has 0 aromatic carbocycles. The molecule has 2 heteroatoms. The molecular formula is C13H16N2. The van der Waals surface area contributed by atoms with Crippen molar-refractivity contribution in [1.29, 1.82) is 0 Å². The lowest BCUT2D eigenvalue weighted by Gasteiger charge is -2.20. The molecule has 0 amide bonds. The van der Waals surface area contributed by atoms with E-state index in [2.05, 4.69) is 22.9 Å². The van der Waals surface area contributed by atoms with Crippen LogP contribution in [0.3, 0.4) is 0 Å². The fraction of sp³-hybridized carbons (Fsp3) is 0.462. The molecular weight excluding hydrogens is 184 g/mol. The first-order valence-corrected chi connectivity index (χ1v) is 5.70. The van der Waals surface area contributed by atoms with E-state index in [4.69, 9.17) is 0 Å². The average Bonchev–Trinajstić information content (AvgIpc) is 2.91. The molecule has 2 bridgehead atoms. The SMILES string of the molecule is C=Cc1cncc(C2CC3CCC2N3)c1. The van der Waals surface area contributed by atoms with Gasteiger partial charge in [0, 0.05) is 30.4 Å². The number of hydrogen-bond donors (Lipinski definition) is 1. The summed E-state index contributed by atoms with van der Waals surface area (Å²) in [6.45, 7) is 3.79. The van der Waals surface area contributed by atoms with Gasteiger partial charge in [0.05, 0.1) is 0 Å². The highest BCUT2D eigenvalue weighted by molar-refractivity contribution is 5.47. The molecule has 2 aliphatic heterocycles. The largest absolute Gasteiger partial charge is 0.311 e. The van der Waals surface area contributed by atoms with E-state index in [0.29, 0.717) is 12.0 Å². The van der Waals surface area contributed by atoms with Gasteiger partial charge in [-0.25, -0.2) is 0 Å². The first-order valence-electron chi connectivity index (χ1n) is 5.70. The summed E-state index contributed by atoms with van der Waals surface area (Å²) in [6.07, 6.45) is 9.73. The number of fused-ring (bicyclic) bond motifs is 2. The minimum absolute atomic E-state index is 0.677. The maximum absolute atomic E-state index is 4.28. The fourth-order valence-corrected chi connectivity index (χ4v) is 2.98. The highest BCUT2D eigenvalue weighted by Gasteiger charge is 2.39. The standard InChI is InChI=1S/C13H16N2/c1-2-9-5-10(8-14-7-9)12-6-11-3-4-13(12)15-11/h2,5,7-8,11-13,15H,1,3-4,6H2. The van der Waals surface area contributed by atoms with Crippen molar-refractivity contribution < 1.29 is 0 Å². The molecule has 1 aromatic heterocycles. The van der Waals surface area contributed by atoms with Crippen molar-refractivity contribution in [3.63, 3.8) is 0 Å². The third kappa shape index (κ3) is 1.49. The molecule has 2 fully saturated rings. The molecule has 3 unspecified atom stereocenters. The summed E-state index contributed by atoms with van der Waals surface area (Å²) in [7, 11) is 0. The molecule has 0 radical (unpaired) electrons. The molecule has 78 valence electrons. The van der Waals surface area contributed by atoms with E-state index in [-0.39, 0.29) is 0 Å². The molecule has 3 atom stereocenters. The van der Waals surface area contributed by atoms with Gasteiger partial charge in [0.15, 0.2) is 0 Å². The Morgan fingerprint density at radius 1 is 1.40 bits per heavy atom. The monoisotopic (exact) mass is 200 g/mol. The van der Waals surface area contributed by atoms with Gasteiger partial charge in [0.1, 0.15) is 0 Å². The average molecular weight is 200 g/mol. The number of pyridine rings is 1. The smallest absolute Gasteiger partial charge is 0.0340 e. The quantitative estimate of drug-likeness (QED) is 0.792. The second kappa shape index (κ2) is 3.46. The van der Waals surface area contributed by atoms with Gasteiger partial charge in [-0.3, -0.25) is 4.98 Å². The zero-order valence-electron chi connectivity index (χ0n) is 8.82. The lowest BCUT2D eigenvalue weighted by molar-refractivity contribution is 0.505. The van der Waals surface area contributed by atoms with Gasteiger partial charge in [-0.05, 0) is 36.5 Å². The zero-order valence-corrected chi connectivity index (χ0v) is 8.82. The Bertz CT molecular complexity index is 386. The van der Waals surface area contributed by atoms with Gasteiger partial charge < -0.3 is 5.32 Å². The third-order valence-electron chi connectivity index (χ3n) is 3.74. The molecule has 3 heterocycles. The number of nitrogens with one attached hydrogen (secondary N) is 1. The Morgan fingerprint density at radius 3 is 3.00 bits per heavy atom. The van der Waals surface area contributed by atoms with Crippen LogP contribution in [0.2, 0.25) is 0 Å². The number of hydrogen-bond acceptors (Lipinski definition) is 2. The van der Waals surface area contributed by atoms with E-state index >= 15 is 0 Å². The first kappa shape index (κ1) is 9.10. The normalized spacial score (nSPS) is 33.2. The Balaban J connectivity index is 1.89. The number of aromatic nitrogens is 1. The maximum atomic E-state index is 4.28. The van der Waals surface area contributed by atoms with Crippen LogP contribution in [-0.2, 0) is 0 Å². The van der Waals surface area contributed by atoms with Gasteiger partial charge in [-0.2, -0.15) is 0 Å². The van der Waals surface area contributed by atoms with Gasteiger partial charge in [-0.1, -0.05) is 12.7 Å². The van der Waals surface area contributed by atoms with Crippen molar-refractivity contribution in [1.82, 2.24) is 10.3 Å². The van der Waals surface area contributed by atoms with Crippen molar-refractivity contribution >= 4 is 6.08 Å². The molecule has 3 rings (SSSR count). The van der Waals surface area contributed by atoms with Crippen LogP contribution in [-0.4, -0.2) is 17.1 Å². The summed E-state index contributed by atoms with van der Waals surface area (Å²) >= 11 is 0. The van der Waals surface area contributed by atoms with Crippen molar-refractivity contribution in [3.05, 3.63) is 36.2 Å². The predicted molar refractivity (Wildman–Crippen MR) is 61.6 cm³/mol. The second-order valence-corrected chi connectivity index (χ2v) is 4.65. The van der Waals surface area contributed by atoms with Crippen LogP contribution in [0.1, 0.15) is 36.3 Å². The molecule has 1 N–H and O–H groups in total. The number of nitrogens with zero attached hydrogens (tertiary/aromatic N) is 1. The van der Waals surface area contributed by atoms with Gasteiger partial charge in [0.25, 0.3) is 0 Å². The van der Waals surface area contributed by atoms with Crippen LogP contribution in [0.25, 0.3) is 6.08 Å². The molecule has 2 nitrogen and oxygen atoms in total. The fourth-order valence-electron chi connectivity index (χ4n) is 2.98. The molecule has 15 heavy (non-hydrogen) atoms. The Morgan fingerprint density at radius 2 is 2.33 bits per heavy atom. The minimum atomic E-state index is 0.677. The predicted octanol–water partition coefficient (Wildman–Crippen LogP) is 2.33. The van der Waals surface area contributed by atoms with E-state index in [1.807, 2.05) is 18.5 Å². The van der Waals surface area contributed by atoms with Crippen LogP contribution in [0.5, 0.6) is 0 Å². The summed E-state index contributed by atoms with van der Waals surface area (Å²) < 4.78 is 0. The van der Waals surface area contributed by atoms with E-state index in [0.717, 1.165) is 11.6 Å². The Labute approximate surface area is 90.4 Å². The maximum Gasteiger partial charge on any atom is 0.0340 e. The van der Waals surface area contributed by atoms with E-state index in [9.17, 15) is 0 Å². The molecule has 2 aliphatic rings. The lowest BCUT2D eigenvalue weighted by atomic mass is 9.84. The summed E-state index contributed by atoms with van der Waals surface area (Å²) in [5.74, 6) is 0.677. The Hall–Kier alpha value is -1.15. The summed E-state index contributed by atoms with van der Waals surface area (Å²) in [4.78, 5) is 4.28. The second-order valence-electron chi connectivity index (χ2n) is 4.65. The van der Waals surface area contributed by atoms with Crippen molar-refractivity contribution in [2.24, 2.45) is 0 Å². The Kier molecular flexibility index (Phi) is 2.10. The molecule has 2 saturated heterocycles. The summed E-state index contributed by atoms with van der Waals surface area (Å²) in [5, 5.41) is 3.66. The van der Waals surface area contributed by atoms with Crippen molar-refractivity contribution in [2.45, 2.75) is 37.3 Å². The van der Waals surface area contributed by atoms with E-state index in [1.54, 1.807) is 0 Å². The third-order valence-corrected chi connectivity index (χ3v) is 3.74. The first-order chi connectivity index (χ1) is 7.36. The lowest BCUT2D eigenvalue weighted by Crippen LogP contribution is -2.21.